The van der Waals surface area contributed by atoms with Crippen molar-refractivity contribution in [2.75, 3.05) is 5.73 Å². The molecular formula is C14H9F2N3O2. The van der Waals surface area contributed by atoms with E-state index in [9.17, 15) is 13.6 Å². The lowest BCUT2D eigenvalue weighted by Crippen LogP contribution is -2.10. The third-order valence-corrected chi connectivity index (χ3v) is 2.66. The molecule has 7 heteroatoms. The first kappa shape index (κ1) is 14.4. The van der Waals surface area contributed by atoms with Gasteiger partial charge in [-0.15, -0.1) is 0 Å². The number of esters is 1. The molecule has 0 amide bonds. The lowest BCUT2D eigenvalue weighted by molar-refractivity contribution is 0.0466. The number of carbonyl (C=O) groups is 1. The molecule has 2 aromatic rings. The second-order valence-electron chi connectivity index (χ2n) is 4.05. The van der Waals surface area contributed by atoms with Crippen molar-refractivity contribution in [3.05, 3.63) is 58.9 Å². The monoisotopic (exact) mass is 289 g/mol. The molecule has 0 aliphatic heterocycles. The summed E-state index contributed by atoms with van der Waals surface area (Å²) >= 11 is 0. The molecule has 0 atom stereocenters. The van der Waals surface area contributed by atoms with Gasteiger partial charge in [0.25, 0.3) is 0 Å². The van der Waals surface area contributed by atoms with Crippen LogP contribution in [0.4, 0.5) is 14.5 Å². The number of ether oxygens (including phenoxy) is 1. The van der Waals surface area contributed by atoms with Gasteiger partial charge in [0.15, 0.2) is 0 Å². The Kier molecular flexibility index (Phi) is 4.09. The van der Waals surface area contributed by atoms with Gasteiger partial charge >= 0.3 is 5.97 Å². The van der Waals surface area contributed by atoms with E-state index in [0.717, 1.165) is 0 Å². The first-order valence-corrected chi connectivity index (χ1v) is 5.78. The number of nitrogens with two attached hydrogens (primary N) is 1. The fraction of sp³-hybridized carbons (Fsp3) is 0.0714. The molecule has 1 aromatic heterocycles. The number of halogens is 2. The first-order chi connectivity index (χ1) is 10.0. The summed E-state index contributed by atoms with van der Waals surface area (Å²) in [5, 5.41) is 8.84. The number of rotatable bonds is 3. The largest absolute Gasteiger partial charge is 0.457 e. The quantitative estimate of drug-likeness (QED) is 0.691. The minimum Gasteiger partial charge on any atom is -0.457 e. The predicted molar refractivity (Wildman–Crippen MR) is 68.8 cm³/mol. The maximum absolute atomic E-state index is 13.5. The molecule has 0 saturated carbocycles. The highest BCUT2D eigenvalue weighted by Gasteiger charge is 2.17. The van der Waals surface area contributed by atoms with Gasteiger partial charge in [0.05, 0.1) is 11.3 Å². The number of anilines is 1. The summed E-state index contributed by atoms with van der Waals surface area (Å²) < 4.78 is 31.6. The van der Waals surface area contributed by atoms with Crippen LogP contribution in [0.5, 0.6) is 0 Å². The van der Waals surface area contributed by atoms with Crippen molar-refractivity contribution in [2.24, 2.45) is 0 Å². The zero-order valence-electron chi connectivity index (χ0n) is 10.6. The lowest BCUT2D eigenvalue weighted by Gasteiger charge is -2.07. The fourth-order valence-corrected chi connectivity index (χ4v) is 1.60. The van der Waals surface area contributed by atoms with Gasteiger partial charge in [0.2, 0.25) is 0 Å². The van der Waals surface area contributed by atoms with Crippen molar-refractivity contribution < 1.29 is 18.3 Å². The standard InChI is InChI=1S/C14H9F2N3O2/c15-10-5-12(18)11(16)4-9(10)14(20)21-7-8-2-1-3-19-13(8)6-17/h1-5H,7,18H2. The van der Waals surface area contributed by atoms with Crippen molar-refractivity contribution in [1.29, 1.82) is 5.26 Å². The smallest absolute Gasteiger partial charge is 0.341 e. The van der Waals surface area contributed by atoms with Crippen LogP contribution < -0.4 is 5.73 Å². The van der Waals surface area contributed by atoms with E-state index in [4.69, 9.17) is 15.7 Å². The lowest BCUT2D eigenvalue weighted by atomic mass is 10.2. The second kappa shape index (κ2) is 5.96. The van der Waals surface area contributed by atoms with Crippen LogP contribution in [0.2, 0.25) is 0 Å². The number of aromatic nitrogens is 1. The third-order valence-electron chi connectivity index (χ3n) is 2.66. The minimum atomic E-state index is -1.06. The van der Waals surface area contributed by atoms with Crippen LogP contribution in [0.15, 0.2) is 30.5 Å². The number of carbonyl (C=O) groups excluding carboxylic acids is 1. The van der Waals surface area contributed by atoms with Crippen molar-refractivity contribution in [3.8, 4) is 6.07 Å². The summed E-state index contributed by atoms with van der Waals surface area (Å²) in [5.41, 5.74) is 4.67. The van der Waals surface area contributed by atoms with Crippen molar-refractivity contribution in [1.82, 2.24) is 4.98 Å². The molecule has 0 spiro atoms. The molecule has 2 N–H and O–H groups in total. The first-order valence-electron chi connectivity index (χ1n) is 5.78. The number of nitrogens with zero attached hydrogens (tertiary/aromatic N) is 2. The van der Waals surface area contributed by atoms with E-state index in [1.54, 1.807) is 12.1 Å². The van der Waals surface area contributed by atoms with Gasteiger partial charge in [-0.25, -0.2) is 18.6 Å². The Morgan fingerprint density at radius 2 is 2.14 bits per heavy atom. The molecule has 5 nitrogen and oxygen atoms in total. The van der Waals surface area contributed by atoms with E-state index in [2.05, 4.69) is 4.98 Å². The summed E-state index contributed by atoms with van der Waals surface area (Å²) in [7, 11) is 0. The summed E-state index contributed by atoms with van der Waals surface area (Å²) in [5.74, 6) is -2.95. The Bertz CT molecular complexity index is 741. The van der Waals surface area contributed by atoms with Gasteiger partial charge in [-0.05, 0) is 12.1 Å². The van der Waals surface area contributed by atoms with Crippen molar-refractivity contribution >= 4 is 11.7 Å². The predicted octanol–water partition coefficient (Wildman–Crippen LogP) is 2.17. The van der Waals surface area contributed by atoms with Crippen LogP contribution in [-0.4, -0.2) is 11.0 Å². The van der Waals surface area contributed by atoms with Gasteiger partial charge in [0, 0.05) is 17.8 Å². The molecular weight excluding hydrogens is 280 g/mol. The average Bonchev–Trinajstić information content (AvgIpc) is 2.48. The van der Waals surface area contributed by atoms with Gasteiger partial charge in [-0.3, -0.25) is 0 Å². The topological polar surface area (TPSA) is 89.0 Å². The molecule has 0 aliphatic carbocycles. The third kappa shape index (κ3) is 3.12. The Hall–Kier alpha value is -3.01. The van der Waals surface area contributed by atoms with Gasteiger partial charge in [-0.2, -0.15) is 5.26 Å². The summed E-state index contributed by atoms with van der Waals surface area (Å²) in [6.07, 6.45) is 1.42. The molecule has 0 fully saturated rings. The van der Waals surface area contributed by atoms with E-state index < -0.39 is 28.9 Å². The minimum absolute atomic E-state index is 0.0919. The number of nitriles is 1. The molecule has 21 heavy (non-hydrogen) atoms. The van der Waals surface area contributed by atoms with E-state index in [-0.39, 0.29) is 12.3 Å². The van der Waals surface area contributed by atoms with E-state index in [0.29, 0.717) is 17.7 Å². The number of hydrogen-bond donors (Lipinski definition) is 1. The Morgan fingerprint density at radius 1 is 1.38 bits per heavy atom. The van der Waals surface area contributed by atoms with Crippen LogP contribution in [-0.2, 0) is 11.3 Å². The van der Waals surface area contributed by atoms with Crippen LogP contribution in [0.3, 0.4) is 0 Å². The number of pyridine rings is 1. The highest BCUT2D eigenvalue weighted by molar-refractivity contribution is 5.90. The summed E-state index contributed by atoms with van der Waals surface area (Å²) in [4.78, 5) is 15.5. The molecule has 0 aliphatic rings. The van der Waals surface area contributed by atoms with Gasteiger partial charge in [-0.1, -0.05) is 6.07 Å². The van der Waals surface area contributed by atoms with E-state index in [1.165, 1.54) is 6.20 Å². The average molecular weight is 289 g/mol. The van der Waals surface area contributed by atoms with Crippen LogP contribution >= 0.6 is 0 Å². The molecule has 0 unspecified atom stereocenters. The van der Waals surface area contributed by atoms with Crippen LogP contribution in [0.25, 0.3) is 0 Å². The maximum atomic E-state index is 13.5. The molecule has 1 heterocycles. The maximum Gasteiger partial charge on any atom is 0.341 e. The van der Waals surface area contributed by atoms with Gasteiger partial charge < -0.3 is 10.5 Å². The number of nitrogen functional groups attached to an aromatic ring is 1. The SMILES string of the molecule is N#Cc1ncccc1COC(=O)c1cc(F)c(N)cc1F. The molecule has 1 aromatic carbocycles. The fourth-order valence-electron chi connectivity index (χ4n) is 1.60. The Labute approximate surface area is 118 Å². The molecule has 106 valence electrons. The number of hydrogen-bond acceptors (Lipinski definition) is 5. The van der Waals surface area contributed by atoms with Crippen LogP contribution in [0, 0.1) is 23.0 Å². The second-order valence-corrected chi connectivity index (χ2v) is 4.05. The molecule has 0 bridgehead atoms. The molecule has 0 radical (unpaired) electrons. The van der Waals surface area contributed by atoms with Gasteiger partial charge in [0.1, 0.15) is 30.0 Å². The Morgan fingerprint density at radius 3 is 2.86 bits per heavy atom. The molecule has 0 saturated heterocycles. The highest BCUT2D eigenvalue weighted by Crippen LogP contribution is 2.18. The highest BCUT2D eigenvalue weighted by atomic mass is 19.1. The number of benzene rings is 1. The van der Waals surface area contributed by atoms with Crippen molar-refractivity contribution in [3.63, 3.8) is 0 Å². The zero-order chi connectivity index (χ0) is 15.4. The zero-order valence-corrected chi connectivity index (χ0v) is 10.6. The summed E-state index contributed by atoms with van der Waals surface area (Å²) in [6, 6.07) is 6.31. The van der Waals surface area contributed by atoms with Crippen molar-refractivity contribution in [2.45, 2.75) is 6.61 Å². The summed E-state index contributed by atoms with van der Waals surface area (Å²) in [6.45, 7) is -0.277. The van der Waals surface area contributed by atoms with E-state index >= 15 is 0 Å². The van der Waals surface area contributed by atoms with E-state index in [1.807, 2.05) is 6.07 Å². The van der Waals surface area contributed by atoms with Crippen LogP contribution in [0.1, 0.15) is 21.6 Å². The Balaban J connectivity index is 2.16. The normalized spacial score (nSPS) is 9.95. The molecule has 2 rings (SSSR count).